The minimum absolute atomic E-state index is 0.509. The fourth-order valence-corrected chi connectivity index (χ4v) is 3.40. The van der Waals surface area contributed by atoms with E-state index >= 15 is 0 Å². The highest BCUT2D eigenvalue weighted by Crippen LogP contribution is 2.42. The SMILES string of the molecule is Cc1ccsc1C1(O)CCC(C)CC1. The lowest BCUT2D eigenvalue weighted by Gasteiger charge is -2.34. The van der Waals surface area contributed by atoms with E-state index < -0.39 is 5.60 Å². The summed E-state index contributed by atoms with van der Waals surface area (Å²) >= 11 is 1.71. The topological polar surface area (TPSA) is 20.2 Å². The fraction of sp³-hybridized carbons (Fsp3) is 0.667. The first-order valence-electron chi connectivity index (χ1n) is 5.39. The van der Waals surface area contributed by atoms with Crippen LogP contribution in [0.2, 0.25) is 0 Å². The molecule has 0 amide bonds. The average Bonchev–Trinajstić information content (AvgIpc) is 2.58. The number of thiophene rings is 1. The second-order valence-electron chi connectivity index (χ2n) is 4.65. The number of rotatable bonds is 1. The summed E-state index contributed by atoms with van der Waals surface area (Å²) in [6.45, 7) is 4.38. The minimum atomic E-state index is -0.509. The van der Waals surface area contributed by atoms with Gasteiger partial charge in [0.25, 0.3) is 0 Å². The number of aryl methyl sites for hydroxylation is 1. The quantitative estimate of drug-likeness (QED) is 0.752. The molecule has 0 atom stereocenters. The molecule has 78 valence electrons. The van der Waals surface area contributed by atoms with Gasteiger partial charge in [0.1, 0.15) is 0 Å². The molecule has 2 heteroatoms. The van der Waals surface area contributed by atoms with E-state index in [1.807, 2.05) is 0 Å². The summed E-state index contributed by atoms with van der Waals surface area (Å²) in [5.74, 6) is 0.788. The molecule has 1 fully saturated rings. The van der Waals surface area contributed by atoms with Crippen LogP contribution in [-0.2, 0) is 5.60 Å². The summed E-state index contributed by atoms with van der Waals surface area (Å²) in [6.07, 6.45) is 4.20. The maximum absolute atomic E-state index is 10.5. The van der Waals surface area contributed by atoms with E-state index in [0.717, 1.165) is 31.6 Å². The molecule has 0 bridgehead atoms. The van der Waals surface area contributed by atoms with Crippen molar-refractivity contribution in [3.63, 3.8) is 0 Å². The normalized spacial score (nSPS) is 33.2. The average molecular weight is 210 g/mol. The Balaban J connectivity index is 2.21. The van der Waals surface area contributed by atoms with E-state index in [9.17, 15) is 5.11 Å². The van der Waals surface area contributed by atoms with Crippen LogP contribution in [0.25, 0.3) is 0 Å². The first-order chi connectivity index (χ1) is 6.62. The van der Waals surface area contributed by atoms with Crippen molar-refractivity contribution in [2.45, 2.75) is 45.1 Å². The molecule has 0 spiro atoms. The summed E-state index contributed by atoms with van der Waals surface area (Å²) in [5, 5.41) is 12.6. The third-order valence-corrected chi connectivity index (χ3v) is 4.60. The lowest BCUT2D eigenvalue weighted by Crippen LogP contribution is -2.30. The van der Waals surface area contributed by atoms with Gasteiger partial charge in [-0.1, -0.05) is 6.92 Å². The third-order valence-electron chi connectivity index (χ3n) is 3.39. The molecular weight excluding hydrogens is 192 g/mol. The monoisotopic (exact) mass is 210 g/mol. The summed E-state index contributed by atoms with van der Waals surface area (Å²) in [7, 11) is 0. The Morgan fingerprint density at radius 3 is 2.57 bits per heavy atom. The zero-order valence-electron chi connectivity index (χ0n) is 8.92. The molecule has 1 aliphatic carbocycles. The van der Waals surface area contributed by atoms with Gasteiger partial charge >= 0.3 is 0 Å². The summed E-state index contributed by atoms with van der Waals surface area (Å²) in [6, 6.07) is 2.11. The van der Waals surface area contributed by atoms with Crippen molar-refractivity contribution in [2.24, 2.45) is 5.92 Å². The van der Waals surface area contributed by atoms with Crippen LogP contribution in [0.15, 0.2) is 11.4 Å². The van der Waals surface area contributed by atoms with Crippen molar-refractivity contribution in [1.29, 1.82) is 0 Å². The Morgan fingerprint density at radius 1 is 1.43 bits per heavy atom. The van der Waals surface area contributed by atoms with Gasteiger partial charge in [-0.2, -0.15) is 0 Å². The summed E-state index contributed by atoms with van der Waals surface area (Å²) in [5.41, 5.74) is 0.747. The smallest absolute Gasteiger partial charge is 0.0990 e. The van der Waals surface area contributed by atoms with E-state index in [1.165, 1.54) is 10.4 Å². The Kier molecular flexibility index (Phi) is 2.67. The molecule has 1 heterocycles. The molecule has 0 aliphatic heterocycles. The zero-order valence-corrected chi connectivity index (χ0v) is 9.73. The highest BCUT2D eigenvalue weighted by Gasteiger charge is 2.35. The van der Waals surface area contributed by atoms with Gasteiger partial charge in [-0.25, -0.2) is 0 Å². The van der Waals surface area contributed by atoms with E-state index in [4.69, 9.17) is 0 Å². The van der Waals surface area contributed by atoms with Gasteiger partial charge in [0.2, 0.25) is 0 Å². The molecule has 1 saturated carbocycles. The molecule has 1 nitrogen and oxygen atoms in total. The predicted molar refractivity (Wildman–Crippen MR) is 60.6 cm³/mol. The maximum atomic E-state index is 10.5. The first kappa shape index (κ1) is 10.2. The molecule has 0 aromatic carbocycles. The van der Waals surface area contributed by atoms with Gasteiger partial charge in [0, 0.05) is 4.88 Å². The van der Waals surface area contributed by atoms with Gasteiger partial charge in [-0.15, -0.1) is 11.3 Å². The third kappa shape index (κ3) is 1.73. The van der Waals surface area contributed by atoms with Crippen LogP contribution in [-0.4, -0.2) is 5.11 Å². The van der Waals surface area contributed by atoms with Crippen LogP contribution < -0.4 is 0 Å². The van der Waals surface area contributed by atoms with Gasteiger partial charge in [0.15, 0.2) is 0 Å². The van der Waals surface area contributed by atoms with E-state index in [0.29, 0.717) is 0 Å². The van der Waals surface area contributed by atoms with Crippen molar-refractivity contribution in [3.05, 3.63) is 21.9 Å². The Morgan fingerprint density at radius 2 is 2.07 bits per heavy atom. The van der Waals surface area contributed by atoms with E-state index in [-0.39, 0.29) is 0 Å². The van der Waals surface area contributed by atoms with E-state index in [2.05, 4.69) is 25.3 Å². The lowest BCUT2D eigenvalue weighted by atomic mass is 9.78. The molecule has 0 unspecified atom stereocenters. The van der Waals surface area contributed by atoms with Crippen molar-refractivity contribution in [1.82, 2.24) is 0 Å². The first-order valence-corrected chi connectivity index (χ1v) is 6.27. The van der Waals surface area contributed by atoms with Gasteiger partial charge in [0.05, 0.1) is 5.60 Å². The molecule has 0 radical (unpaired) electrons. The molecule has 1 aromatic rings. The van der Waals surface area contributed by atoms with Gasteiger partial charge in [-0.05, 0) is 55.5 Å². The highest BCUT2D eigenvalue weighted by molar-refractivity contribution is 7.10. The van der Waals surface area contributed by atoms with Crippen LogP contribution in [0.1, 0.15) is 43.0 Å². The van der Waals surface area contributed by atoms with Gasteiger partial charge in [-0.3, -0.25) is 0 Å². The molecule has 2 rings (SSSR count). The molecule has 1 aliphatic rings. The standard InChI is InChI=1S/C12H18OS/c1-9-3-6-12(13,7-4-9)11-10(2)5-8-14-11/h5,8-9,13H,3-4,6-7H2,1-2H3. The van der Waals surface area contributed by atoms with Gasteiger partial charge < -0.3 is 5.11 Å². The fourth-order valence-electron chi connectivity index (χ4n) is 2.32. The summed E-state index contributed by atoms with van der Waals surface area (Å²) in [4.78, 5) is 1.20. The highest BCUT2D eigenvalue weighted by atomic mass is 32.1. The molecule has 1 aromatic heterocycles. The second kappa shape index (κ2) is 3.67. The second-order valence-corrected chi connectivity index (χ2v) is 5.56. The number of hydrogen-bond donors (Lipinski definition) is 1. The Bertz CT molecular complexity index is 308. The number of hydrogen-bond acceptors (Lipinski definition) is 2. The number of aliphatic hydroxyl groups is 1. The Hall–Kier alpha value is -0.340. The largest absolute Gasteiger partial charge is 0.384 e. The van der Waals surface area contributed by atoms with Crippen molar-refractivity contribution >= 4 is 11.3 Å². The molecule has 1 N–H and O–H groups in total. The van der Waals surface area contributed by atoms with Crippen molar-refractivity contribution < 1.29 is 5.11 Å². The maximum Gasteiger partial charge on any atom is 0.0990 e. The Labute approximate surface area is 89.8 Å². The van der Waals surface area contributed by atoms with Crippen LogP contribution in [0.5, 0.6) is 0 Å². The van der Waals surface area contributed by atoms with Crippen molar-refractivity contribution in [2.75, 3.05) is 0 Å². The molecule has 14 heavy (non-hydrogen) atoms. The lowest BCUT2D eigenvalue weighted by molar-refractivity contribution is -0.00915. The van der Waals surface area contributed by atoms with Crippen molar-refractivity contribution in [3.8, 4) is 0 Å². The summed E-state index contributed by atoms with van der Waals surface area (Å²) < 4.78 is 0. The predicted octanol–water partition coefficient (Wildman–Crippen LogP) is 3.45. The minimum Gasteiger partial charge on any atom is -0.384 e. The van der Waals surface area contributed by atoms with E-state index in [1.54, 1.807) is 11.3 Å². The van der Waals surface area contributed by atoms with Crippen LogP contribution in [0.4, 0.5) is 0 Å². The molecular formula is C12H18OS. The molecule has 0 saturated heterocycles. The van der Waals surface area contributed by atoms with Crippen LogP contribution in [0.3, 0.4) is 0 Å². The zero-order chi connectivity index (χ0) is 10.2. The van der Waals surface area contributed by atoms with Crippen LogP contribution in [0, 0.1) is 12.8 Å². The van der Waals surface area contributed by atoms with Crippen LogP contribution >= 0.6 is 11.3 Å².